The highest BCUT2D eigenvalue weighted by Gasteiger charge is 2.22. The third-order valence-electron chi connectivity index (χ3n) is 3.06. The van der Waals surface area contributed by atoms with Crippen LogP contribution in [0.1, 0.15) is 15.9 Å². The molecule has 1 atom stereocenters. The summed E-state index contributed by atoms with van der Waals surface area (Å²) in [6.07, 6.45) is 3.40. The van der Waals surface area contributed by atoms with E-state index in [9.17, 15) is 9.59 Å². The van der Waals surface area contributed by atoms with Crippen LogP contribution in [-0.2, 0) is 16.0 Å². The summed E-state index contributed by atoms with van der Waals surface area (Å²) in [5.41, 5.74) is 1.36. The van der Waals surface area contributed by atoms with E-state index in [1.165, 1.54) is 19.5 Å². The SMILES string of the molecule is COC(=O)[C@H](Cc1cccc(Br)c1)NC(=O)c1ccncc1. The zero-order valence-electron chi connectivity index (χ0n) is 12.0. The standard InChI is InChI=1S/C16H15BrN2O3/c1-22-16(21)14(10-11-3-2-4-13(17)9-11)19-15(20)12-5-7-18-8-6-12/h2-9,14H,10H2,1H3,(H,19,20)/t14-/m0/s1. The molecule has 0 aliphatic carbocycles. The third kappa shape index (κ3) is 4.39. The Morgan fingerprint density at radius 2 is 2.00 bits per heavy atom. The fraction of sp³-hybridized carbons (Fsp3) is 0.188. The average molecular weight is 363 g/mol. The number of ether oxygens (including phenoxy) is 1. The van der Waals surface area contributed by atoms with Crippen LogP contribution in [0.2, 0.25) is 0 Å². The van der Waals surface area contributed by atoms with E-state index in [1.54, 1.807) is 12.1 Å². The van der Waals surface area contributed by atoms with Crippen molar-refractivity contribution < 1.29 is 14.3 Å². The molecule has 114 valence electrons. The lowest BCUT2D eigenvalue weighted by atomic mass is 10.1. The number of methoxy groups -OCH3 is 1. The molecule has 0 bridgehead atoms. The van der Waals surface area contributed by atoms with E-state index in [2.05, 4.69) is 26.2 Å². The highest BCUT2D eigenvalue weighted by Crippen LogP contribution is 2.14. The second kappa shape index (κ2) is 7.70. The van der Waals surface area contributed by atoms with Crippen LogP contribution < -0.4 is 5.32 Å². The van der Waals surface area contributed by atoms with Crippen molar-refractivity contribution in [1.82, 2.24) is 10.3 Å². The Morgan fingerprint density at radius 3 is 2.64 bits per heavy atom. The number of nitrogens with one attached hydrogen (secondary N) is 1. The summed E-state index contributed by atoms with van der Waals surface area (Å²) in [6.45, 7) is 0. The number of pyridine rings is 1. The molecule has 0 saturated heterocycles. The van der Waals surface area contributed by atoms with E-state index in [1.807, 2.05) is 24.3 Å². The van der Waals surface area contributed by atoms with Gasteiger partial charge in [0.1, 0.15) is 6.04 Å². The lowest BCUT2D eigenvalue weighted by molar-refractivity contribution is -0.142. The maximum absolute atomic E-state index is 12.2. The monoisotopic (exact) mass is 362 g/mol. The van der Waals surface area contributed by atoms with Gasteiger partial charge in [0.2, 0.25) is 0 Å². The minimum absolute atomic E-state index is 0.340. The van der Waals surface area contributed by atoms with Crippen LogP contribution in [0.3, 0.4) is 0 Å². The second-order valence-corrected chi connectivity index (χ2v) is 5.53. The number of hydrogen-bond acceptors (Lipinski definition) is 4. The smallest absolute Gasteiger partial charge is 0.328 e. The molecule has 0 fully saturated rings. The molecule has 1 heterocycles. The summed E-state index contributed by atoms with van der Waals surface area (Å²) < 4.78 is 5.69. The molecule has 22 heavy (non-hydrogen) atoms. The molecule has 1 N–H and O–H groups in total. The number of halogens is 1. The number of amides is 1. The first-order valence-electron chi connectivity index (χ1n) is 6.63. The predicted molar refractivity (Wildman–Crippen MR) is 85.4 cm³/mol. The number of carbonyl (C=O) groups is 2. The average Bonchev–Trinajstić information content (AvgIpc) is 2.54. The molecule has 2 rings (SSSR count). The number of esters is 1. The van der Waals surface area contributed by atoms with Gasteiger partial charge in [-0.3, -0.25) is 9.78 Å². The molecule has 1 amide bonds. The lowest BCUT2D eigenvalue weighted by Crippen LogP contribution is -2.43. The van der Waals surface area contributed by atoms with Crippen LogP contribution in [0, 0.1) is 0 Å². The van der Waals surface area contributed by atoms with E-state index in [0.29, 0.717) is 12.0 Å². The maximum atomic E-state index is 12.2. The molecule has 0 unspecified atom stereocenters. The predicted octanol–water partition coefficient (Wildman–Crippen LogP) is 2.36. The normalized spacial score (nSPS) is 11.5. The summed E-state index contributed by atoms with van der Waals surface area (Å²) in [5.74, 6) is -0.824. The van der Waals surface area contributed by atoms with Crippen LogP contribution in [-0.4, -0.2) is 30.0 Å². The van der Waals surface area contributed by atoms with Gasteiger partial charge >= 0.3 is 5.97 Å². The van der Waals surface area contributed by atoms with Crippen molar-refractivity contribution in [2.75, 3.05) is 7.11 Å². The first kappa shape index (κ1) is 16.2. The van der Waals surface area contributed by atoms with Gasteiger partial charge in [-0.05, 0) is 29.8 Å². The summed E-state index contributed by atoms with van der Waals surface area (Å²) in [7, 11) is 1.30. The van der Waals surface area contributed by atoms with Crippen molar-refractivity contribution in [2.45, 2.75) is 12.5 Å². The Labute approximate surface area is 136 Å². The van der Waals surface area contributed by atoms with Crippen molar-refractivity contribution in [3.8, 4) is 0 Å². The fourth-order valence-corrected chi connectivity index (χ4v) is 2.43. The quantitative estimate of drug-likeness (QED) is 0.829. The van der Waals surface area contributed by atoms with Gasteiger partial charge in [-0.15, -0.1) is 0 Å². The molecule has 5 nitrogen and oxygen atoms in total. The molecule has 6 heteroatoms. The molecule has 0 saturated carbocycles. The van der Waals surface area contributed by atoms with Crippen LogP contribution in [0.4, 0.5) is 0 Å². The van der Waals surface area contributed by atoms with E-state index in [-0.39, 0.29) is 5.91 Å². The maximum Gasteiger partial charge on any atom is 0.328 e. The third-order valence-corrected chi connectivity index (χ3v) is 3.56. The van der Waals surface area contributed by atoms with Crippen molar-refractivity contribution in [3.63, 3.8) is 0 Å². The zero-order valence-corrected chi connectivity index (χ0v) is 13.5. The Kier molecular flexibility index (Phi) is 5.66. The van der Waals surface area contributed by atoms with Gasteiger partial charge in [0.15, 0.2) is 0 Å². The van der Waals surface area contributed by atoms with Gasteiger partial charge in [0.25, 0.3) is 5.91 Å². The zero-order chi connectivity index (χ0) is 15.9. The Morgan fingerprint density at radius 1 is 1.27 bits per heavy atom. The molecule has 2 aromatic rings. The molecule has 0 aliphatic rings. The Hall–Kier alpha value is -2.21. The van der Waals surface area contributed by atoms with Crippen molar-refractivity contribution in [3.05, 3.63) is 64.4 Å². The molecular formula is C16H15BrN2O3. The van der Waals surface area contributed by atoms with E-state index in [4.69, 9.17) is 4.74 Å². The lowest BCUT2D eigenvalue weighted by Gasteiger charge is -2.16. The summed E-state index contributed by atoms with van der Waals surface area (Å²) in [5, 5.41) is 2.70. The number of nitrogens with zero attached hydrogens (tertiary/aromatic N) is 1. The first-order valence-corrected chi connectivity index (χ1v) is 7.42. The van der Waals surface area contributed by atoms with Gasteiger partial charge in [0, 0.05) is 28.9 Å². The second-order valence-electron chi connectivity index (χ2n) is 4.62. The van der Waals surface area contributed by atoms with E-state index >= 15 is 0 Å². The molecule has 1 aromatic heterocycles. The van der Waals surface area contributed by atoms with Crippen LogP contribution in [0.5, 0.6) is 0 Å². The highest BCUT2D eigenvalue weighted by molar-refractivity contribution is 9.10. The molecule has 0 spiro atoms. The summed E-state index contributed by atoms with van der Waals surface area (Å²) in [6, 6.07) is 9.98. The van der Waals surface area contributed by atoms with Crippen LogP contribution >= 0.6 is 15.9 Å². The van der Waals surface area contributed by atoms with Crippen molar-refractivity contribution in [2.24, 2.45) is 0 Å². The summed E-state index contributed by atoms with van der Waals surface area (Å²) in [4.78, 5) is 27.9. The Bertz CT molecular complexity index is 661. The van der Waals surface area contributed by atoms with Crippen LogP contribution in [0.15, 0.2) is 53.3 Å². The molecule has 0 radical (unpaired) electrons. The largest absolute Gasteiger partial charge is 0.467 e. The van der Waals surface area contributed by atoms with Crippen molar-refractivity contribution in [1.29, 1.82) is 0 Å². The van der Waals surface area contributed by atoms with Gasteiger partial charge in [-0.2, -0.15) is 0 Å². The Balaban J connectivity index is 2.13. The minimum atomic E-state index is -0.750. The fourth-order valence-electron chi connectivity index (χ4n) is 1.98. The minimum Gasteiger partial charge on any atom is -0.467 e. The van der Waals surface area contributed by atoms with Gasteiger partial charge in [-0.1, -0.05) is 28.1 Å². The highest BCUT2D eigenvalue weighted by atomic mass is 79.9. The van der Waals surface area contributed by atoms with E-state index < -0.39 is 12.0 Å². The van der Waals surface area contributed by atoms with E-state index in [0.717, 1.165) is 10.0 Å². The van der Waals surface area contributed by atoms with Crippen LogP contribution in [0.25, 0.3) is 0 Å². The topological polar surface area (TPSA) is 68.3 Å². The molecule has 0 aliphatic heterocycles. The molecule has 1 aromatic carbocycles. The van der Waals surface area contributed by atoms with Gasteiger partial charge in [-0.25, -0.2) is 4.79 Å². The molecular weight excluding hydrogens is 348 g/mol. The number of carbonyl (C=O) groups excluding carboxylic acids is 2. The number of benzene rings is 1. The first-order chi connectivity index (χ1) is 10.6. The number of hydrogen-bond donors (Lipinski definition) is 1. The van der Waals surface area contributed by atoms with Gasteiger partial charge in [0.05, 0.1) is 7.11 Å². The van der Waals surface area contributed by atoms with Crippen molar-refractivity contribution >= 4 is 27.8 Å². The number of rotatable bonds is 5. The van der Waals surface area contributed by atoms with Gasteiger partial charge < -0.3 is 10.1 Å². The summed E-state index contributed by atoms with van der Waals surface area (Å²) >= 11 is 3.38. The number of aromatic nitrogens is 1.